The molecule has 0 bridgehead atoms. The number of aromatic hydroxyl groups is 1. The van der Waals surface area contributed by atoms with Gasteiger partial charge < -0.3 is 10.4 Å². The van der Waals surface area contributed by atoms with Gasteiger partial charge in [-0.1, -0.05) is 30.0 Å². The van der Waals surface area contributed by atoms with Crippen LogP contribution in [-0.2, 0) is 6.54 Å². The standard InChI is InChI=1S/C19H14FN3O5S/c20-16-9-13(10-17(19(16)24)23(27)28)21-11-12-3-1-2-4-18(12)29-15-7-5-14(6-8-15)22(25)26/h1-10,21,24H,11H2. The molecule has 0 heterocycles. The molecule has 0 unspecified atom stereocenters. The number of nitro benzene ring substituents is 2. The van der Waals surface area contributed by atoms with E-state index in [0.29, 0.717) is 0 Å². The monoisotopic (exact) mass is 415 g/mol. The zero-order valence-electron chi connectivity index (χ0n) is 14.7. The Balaban J connectivity index is 1.78. The number of nitro groups is 2. The number of phenolic OH excluding ortho intramolecular Hbond substituents is 1. The van der Waals surface area contributed by atoms with Crippen LogP contribution in [0.2, 0.25) is 0 Å². The van der Waals surface area contributed by atoms with Crippen LogP contribution < -0.4 is 5.32 Å². The molecule has 0 spiro atoms. The van der Waals surface area contributed by atoms with E-state index in [1.807, 2.05) is 24.3 Å². The molecular weight excluding hydrogens is 401 g/mol. The molecule has 8 nitrogen and oxygen atoms in total. The maximum Gasteiger partial charge on any atom is 0.315 e. The Hall–Kier alpha value is -3.66. The predicted molar refractivity (Wildman–Crippen MR) is 106 cm³/mol. The summed E-state index contributed by atoms with van der Waals surface area (Å²) in [6.07, 6.45) is 0. The normalized spacial score (nSPS) is 10.5. The van der Waals surface area contributed by atoms with Crippen molar-refractivity contribution in [2.75, 3.05) is 5.32 Å². The van der Waals surface area contributed by atoms with Crippen molar-refractivity contribution in [3.05, 3.63) is 92.3 Å². The molecule has 0 aliphatic rings. The second kappa shape index (κ2) is 8.57. The van der Waals surface area contributed by atoms with Gasteiger partial charge in [-0.2, -0.15) is 0 Å². The highest BCUT2D eigenvalue weighted by molar-refractivity contribution is 7.99. The molecule has 0 aliphatic carbocycles. The zero-order valence-corrected chi connectivity index (χ0v) is 15.6. The van der Waals surface area contributed by atoms with Crippen LogP contribution in [-0.4, -0.2) is 15.0 Å². The van der Waals surface area contributed by atoms with Crippen molar-refractivity contribution < 1.29 is 19.3 Å². The topological polar surface area (TPSA) is 119 Å². The number of phenols is 1. The third-order valence-electron chi connectivity index (χ3n) is 3.97. The first-order valence-electron chi connectivity index (χ1n) is 8.26. The van der Waals surface area contributed by atoms with Crippen LogP contribution in [0.5, 0.6) is 5.75 Å². The van der Waals surface area contributed by atoms with Gasteiger partial charge in [-0.15, -0.1) is 0 Å². The highest BCUT2D eigenvalue weighted by atomic mass is 32.2. The SMILES string of the molecule is O=[N+]([O-])c1ccc(Sc2ccccc2CNc2cc(F)c(O)c([N+](=O)[O-])c2)cc1. The van der Waals surface area contributed by atoms with Crippen LogP contribution in [0.1, 0.15) is 5.56 Å². The summed E-state index contributed by atoms with van der Waals surface area (Å²) in [5, 5.41) is 34.1. The number of halogens is 1. The number of non-ortho nitro benzene ring substituents is 1. The average Bonchev–Trinajstić information content (AvgIpc) is 2.70. The Kier molecular flexibility index (Phi) is 5.93. The fraction of sp³-hybridized carbons (Fsp3) is 0.0526. The Morgan fingerprint density at radius 3 is 2.34 bits per heavy atom. The largest absolute Gasteiger partial charge is 0.500 e. The van der Waals surface area contributed by atoms with Gasteiger partial charge in [-0.3, -0.25) is 20.2 Å². The Morgan fingerprint density at radius 2 is 1.69 bits per heavy atom. The molecular formula is C19H14FN3O5S. The molecule has 2 N–H and O–H groups in total. The fourth-order valence-corrected chi connectivity index (χ4v) is 3.48. The third kappa shape index (κ3) is 4.79. The summed E-state index contributed by atoms with van der Waals surface area (Å²) in [7, 11) is 0. The van der Waals surface area contributed by atoms with Crippen LogP contribution in [0.3, 0.4) is 0 Å². The van der Waals surface area contributed by atoms with E-state index in [-0.39, 0.29) is 17.9 Å². The van der Waals surface area contributed by atoms with Gasteiger partial charge in [-0.05, 0) is 23.8 Å². The maximum absolute atomic E-state index is 13.7. The van der Waals surface area contributed by atoms with E-state index in [2.05, 4.69) is 5.32 Å². The molecule has 0 radical (unpaired) electrons. The third-order valence-corrected chi connectivity index (χ3v) is 5.10. The van der Waals surface area contributed by atoms with Gasteiger partial charge in [0.25, 0.3) is 5.69 Å². The molecule has 0 aromatic heterocycles. The first-order valence-corrected chi connectivity index (χ1v) is 9.08. The number of nitrogens with zero attached hydrogens (tertiary/aromatic N) is 2. The van der Waals surface area contributed by atoms with E-state index >= 15 is 0 Å². The molecule has 0 saturated carbocycles. The number of nitrogens with one attached hydrogen (secondary N) is 1. The summed E-state index contributed by atoms with van der Waals surface area (Å²) in [6, 6.07) is 15.5. The smallest absolute Gasteiger partial charge is 0.315 e. The second-order valence-electron chi connectivity index (χ2n) is 5.90. The van der Waals surface area contributed by atoms with Gasteiger partial charge >= 0.3 is 5.69 Å². The predicted octanol–water partition coefficient (Wildman–Crippen LogP) is 5.11. The molecule has 0 saturated heterocycles. The Bertz CT molecular complexity index is 1080. The van der Waals surface area contributed by atoms with Gasteiger partial charge in [0, 0.05) is 46.3 Å². The maximum atomic E-state index is 13.7. The van der Waals surface area contributed by atoms with Gasteiger partial charge in [0.1, 0.15) is 0 Å². The first kappa shape index (κ1) is 20.1. The van der Waals surface area contributed by atoms with Crippen molar-refractivity contribution in [1.29, 1.82) is 0 Å². The van der Waals surface area contributed by atoms with Gasteiger partial charge in [0.2, 0.25) is 5.75 Å². The summed E-state index contributed by atoms with van der Waals surface area (Å²) < 4.78 is 13.7. The van der Waals surface area contributed by atoms with Crippen LogP contribution in [0.15, 0.2) is 70.5 Å². The average molecular weight is 415 g/mol. The van der Waals surface area contributed by atoms with E-state index in [1.54, 1.807) is 12.1 Å². The molecule has 0 aliphatic heterocycles. The minimum Gasteiger partial charge on any atom is -0.500 e. The summed E-state index contributed by atoms with van der Waals surface area (Å²) >= 11 is 1.40. The van der Waals surface area contributed by atoms with E-state index in [4.69, 9.17) is 0 Å². The van der Waals surface area contributed by atoms with Crippen molar-refractivity contribution in [2.24, 2.45) is 0 Å². The minimum absolute atomic E-state index is 0.000234. The van der Waals surface area contributed by atoms with Crippen LogP contribution in [0.4, 0.5) is 21.5 Å². The first-order chi connectivity index (χ1) is 13.8. The van der Waals surface area contributed by atoms with Crippen molar-refractivity contribution >= 4 is 28.8 Å². The number of hydrogen-bond donors (Lipinski definition) is 2. The molecule has 148 valence electrons. The van der Waals surface area contributed by atoms with Crippen LogP contribution >= 0.6 is 11.8 Å². The minimum atomic E-state index is -1.09. The van der Waals surface area contributed by atoms with Gasteiger partial charge in [0.15, 0.2) is 5.82 Å². The molecule has 3 aromatic rings. The summed E-state index contributed by atoms with van der Waals surface area (Å²) in [6.45, 7) is 0.248. The van der Waals surface area contributed by atoms with Crippen molar-refractivity contribution in [2.45, 2.75) is 16.3 Å². The van der Waals surface area contributed by atoms with E-state index < -0.39 is 27.1 Å². The second-order valence-corrected chi connectivity index (χ2v) is 7.01. The van der Waals surface area contributed by atoms with Crippen LogP contribution in [0.25, 0.3) is 0 Å². The van der Waals surface area contributed by atoms with Crippen molar-refractivity contribution in [3.8, 4) is 5.75 Å². The zero-order chi connectivity index (χ0) is 21.0. The molecule has 3 aromatic carbocycles. The fourth-order valence-electron chi connectivity index (χ4n) is 2.54. The lowest BCUT2D eigenvalue weighted by atomic mass is 10.2. The quantitative estimate of drug-likeness (QED) is 0.313. The lowest BCUT2D eigenvalue weighted by Crippen LogP contribution is -2.02. The number of benzene rings is 3. The lowest BCUT2D eigenvalue weighted by molar-refractivity contribution is -0.386. The van der Waals surface area contributed by atoms with Gasteiger partial charge in [0.05, 0.1) is 9.85 Å². The molecule has 0 fully saturated rings. The van der Waals surface area contributed by atoms with E-state index in [1.165, 1.54) is 23.9 Å². The summed E-state index contributed by atoms with van der Waals surface area (Å²) in [5.41, 5.74) is 0.274. The highest BCUT2D eigenvalue weighted by Gasteiger charge is 2.19. The number of rotatable bonds is 7. The number of hydrogen-bond acceptors (Lipinski definition) is 7. The van der Waals surface area contributed by atoms with Crippen molar-refractivity contribution in [3.63, 3.8) is 0 Å². The number of anilines is 1. The molecule has 0 amide bonds. The highest BCUT2D eigenvalue weighted by Crippen LogP contribution is 2.34. The van der Waals surface area contributed by atoms with Crippen LogP contribution in [0, 0.1) is 26.0 Å². The molecule has 0 atom stereocenters. The van der Waals surface area contributed by atoms with E-state index in [0.717, 1.165) is 27.5 Å². The molecule has 3 rings (SSSR count). The molecule has 10 heteroatoms. The van der Waals surface area contributed by atoms with Gasteiger partial charge in [-0.25, -0.2) is 4.39 Å². The van der Waals surface area contributed by atoms with E-state index in [9.17, 15) is 29.7 Å². The Morgan fingerprint density at radius 1 is 1.00 bits per heavy atom. The van der Waals surface area contributed by atoms with Crippen molar-refractivity contribution in [1.82, 2.24) is 0 Å². The Labute approximate surface area is 168 Å². The summed E-state index contributed by atoms with van der Waals surface area (Å²) in [4.78, 5) is 22.0. The molecule has 29 heavy (non-hydrogen) atoms. The lowest BCUT2D eigenvalue weighted by Gasteiger charge is -2.12. The summed E-state index contributed by atoms with van der Waals surface area (Å²) in [5.74, 6) is -2.09.